The zero-order chi connectivity index (χ0) is 19.7. The van der Waals surface area contributed by atoms with Crippen LogP contribution in [0.3, 0.4) is 0 Å². The van der Waals surface area contributed by atoms with Gasteiger partial charge in [0, 0.05) is 18.5 Å². The third kappa shape index (κ3) is 3.60. The maximum absolute atomic E-state index is 13.1. The molecule has 1 amide bonds. The van der Waals surface area contributed by atoms with Crippen molar-refractivity contribution in [3.63, 3.8) is 0 Å². The maximum Gasteiger partial charge on any atom is 0.245 e. The lowest BCUT2D eigenvalue weighted by Crippen LogP contribution is -2.33. The summed E-state index contributed by atoms with van der Waals surface area (Å²) in [5.74, 6) is 1.70. The topological polar surface area (TPSA) is 67.4 Å². The summed E-state index contributed by atoms with van der Waals surface area (Å²) < 4.78 is 18.4. The fraction of sp³-hybridized carbons (Fsp3) is 0.286. The van der Waals surface area contributed by atoms with Gasteiger partial charge in [-0.1, -0.05) is 12.1 Å². The molecule has 0 radical (unpaired) electrons. The van der Waals surface area contributed by atoms with Crippen molar-refractivity contribution in [2.75, 3.05) is 19.0 Å². The first-order chi connectivity index (χ1) is 13.5. The molecule has 0 aliphatic carbocycles. The molecule has 1 atom stereocenters. The smallest absolute Gasteiger partial charge is 0.245 e. The van der Waals surface area contributed by atoms with Gasteiger partial charge in [0.15, 0.2) is 0 Å². The molecule has 1 unspecified atom stereocenters. The zero-order valence-electron chi connectivity index (χ0n) is 15.8. The van der Waals surface area contributed by atoms with E-state index >= 15 is 0 Å². The summed E-state index contributed by atoms with van der Waals surface area (Å²) in [6.07, 6.45) is 0.675. The lowest BCUT2D eigenvalue weighted by atomic mass is 10.2. The quantitative estimate of drug-likeness (QED) is 0.736. The van der Waals surface area contributed by atoms with Crippen LogP contribution in [0, 0.1) is 12.7 Å². The number of carbonyl (C=O) groups is 1. The summed E-state index contributed by atoms with van der Waals surface area (Å²) in [4.78, 5) is 23.6. The van der Waals surface area contributed by atoms with Gasteiger partial charge in [-0.25, -0.2) is 14.4 Å². The Bertz CT molecular complexity index is 1020. The molecule has 2 aromatic carbocycles. The van der Waals surface area contributed by atoms with Crippen molar-refractivity contribution in [2.45, 2.75) is 25.9 Å². The SMILES string of the molecule is COc1ccc2nc(C)nc(NC3CCN(Cc4ccc(F)cc4)C3=O)c2c1. The van der Waals surface area contributed by atoms with Gasteiger partial charge in [0.25, 0.3) is 0 Å². The number of ether oxygens (including phenoxy) is 1. The predicted molar refractivity (Wildman–Crippen MR) is 105 cm³/mol. The minimum atomic E-state index is -0.357. The molecule has 144 valence electrons. The second-order valence-corrected chi connectivity index (χ2v) is 6.87. The number of nitrogens with one attached hydrogen (secondary N) is 1. The van der Waals surface area contributed by atoms with Crippen molar-refractivity contribution < 1.29 is 13.9 Å². The summed E-state index contributed by atoms with van der Waals surface area (Å²) >= 11 is 0. The highest BCUT2D eigenvalue weighted by atomic mass is 19.1. The lowest BCUT2D eigenvalue weighted by molar-refractivity contribution is -0.128. The van der Waals surface area contributed by atoms with E-state index in [-0.39, 0.29) is 17.8 Å². The Morgan fingerprint density at radius 2 is 2.00 bits per heavy atom. The number of fused-ring (bicyclic) bond motifs is 1. The first kappa shape index (κ1) is 18.2. The Hall–Kier alpha value is -3.22. The van der Waals surface area contributed by atoms with Crippen LogP contribution in [-0.2, 0) is 11.3 Å². The van der Waals surface area contributed by atoms with Gasteiger partial charge in [0.1, 0.15) is 29.3 Å². The number of hydrogen-bond donors (Lipinski definition) is 1. The summed E-state index contributed by atoms with van der Waals surface area (Å²) in [5.41, 5.74) is 1.70. The fourth-order valence-corrected chi connectivity index (χ4v) is 3.47. The first-order valence-corrected chi connectivity index (χ1v) is 9.15. The molecule has 1 saturated heterocycles. The van der Waals surface area contributed by atoms with Crippen molar-refractivity contribution >= 4 is 22.6 Å². The van der Waals surface area contributed by atoms with Crippen molar-refractivity contribution in [3.8, 4) is 5.75 Å². The van der Waals surface area contributed by atoms with E-state index in [1.54, 1.807) is 24.1 Å². The van der Waals surface area contributed by atoms with Crippen LogP contribution in [0.1, 0.15) is 17.8 Å². The number of hydrogen-bond acceptors (Lipinski definition) is 5. The molecule has 1 fully saturated rings. The fourth-order valence-electron chi connectivity index (χ4n) is 3.47. The molecule has 1 aliphatic rings. The number of benzene rings is 2. The number of anilines is 1. The standard InChI is InChI=1S/C21H21FN4O2/c1-13-23-18-8-7-16(28-2)11-17(18)20(24-13)25-19-9-10-26(21(19)27)12-14-3-5-15(22)6-4-14/h3-8,11,19H,9-10,12H2,1-2H3,(H,23,24,25). The normalized spacial score (nSPS) is 16.6. The number of aromatic nitrogens is 2. The van der Waals surface area contributed by atoms with Crippen LogP contribution in [0.15, 0.2) is 42.5 Å². The Morgan fingerprint density at radius 3 is 2.75 bits per heavy atom. The largest absolute Gasteiger partial charge is 0.497 e. The van der Waals surface area contributed by atoms with Crippen LogP contribution in [-0.4, -0.2) is 40.5 Å². The summed E-state index contributed by atoms with van der Waals surface area (Å²) in [7, 11) is 1.61. The molecule has 28 heavy (non-hydrogen) atoms. The van der Waals surface area contributed by atoms with Gasteiger partial charge in [0.2, 0.25) is 5.91 Å². The number of carbonyl (C=O) groups excluding carboxylic acids is 1. The molecule has 2 heterocycles. The molecule has 1 N–H and O–H groups in total. The number of amides is 1. The van der Waals surface area contributed by atoms with Crippen molar-refractivity contribution in [1.29, 1.82) is 0 Å². The number of rotatable bonds is 5. The molecule has 6 nitrogen and oxygen atoms in total. The second-order valence-electron chi connectivity index (χ2n) is 6.87. The van der Waals surface area contributed by atoms with Gasteiger partial charge in [-0.3, -0.25) is 4.79 Å². The van der Waals surface area contributed by atoms with E-state index < -0.39 is 0 Å². The molecule has 4 rings (SSSR count). The van der Waals surface area contributed by atoms with Crippen LogP contribution in [0.5, 0.6) is 5.75 Å². The van der Waals surface area contributed by atoms with Gasteiger partial charge in [-0.05, 0) is 49.2 Å². The van der Waals surface area contributed by atoms with Crippen LogP contribution in [0.25, 0.3) is 10.9 Å². The minimum Gasteiger partial charge on any atom is -0.497 e. The van der Waals surface area contributed by atoms with Gasteiger partial charge >= 0.3 is 0 Å². The van der Waals surface area contributed by atoms with E-state index in [2.05, 4.69) is 15.3 Å². The highest BCUT2D eigenvalue weighted by Gasteiger charge is 2.32. The van der Waals surface area contributed by atoms with Gasteiger partial charge in [-0.15, -0.1) is 0 Å². The van der Waals surface area contributed by atoms with Crippen molar-refractivity contribution in [3.05, 3.63) is 59.7 Å². The highest BCUT2D eigenvalue weighted by Crippen LogP contribution is 2.27. The molecule has 1 aliphatic heterocycles. The average molecular weight is 380 g/mol. The van der Waals surface area contributed by atoms with Crippen molar-refractivity contribution in [2.24, 2.45) is 0 Å². The first-order valence-electron chi connectivity index (χ1n) is 9.15. The third-order valence-corrected chi connectivity index (χ3v) is 4.91. The molecular weight excluding hydrogens is 359 g/mol. The number of nitrogens with zero attached hydrogens (tertiary/aromatic N) is 3. The zero-order valence-corrected chi connectivity index (χ0v) is 15.8. The second kappa shape index (κ2) is 7.42. The molecule has 0 bridgehead atoms. The Kier molecular flexibility index (Phi) is 4.81. The van der Waals surface area contributed by atoms with E-state index in [1.807, 2.05) is 25.1 Å². The maximum atomic E-state index is 13.1. The van der Waals surface area contributed by atoms with E-state index in [4.69, 9.17) is 4.74 Å². The average Bonchev–Trinajstić information content (AvgIpc) is 3.03. The number of aryl methyl sites for hydroxylation is 1. The summed E-state index contributed by atoms with van der Waals surface area (Å²) in [6, 6.07) is 11.5. The van der Waals surface area contributed by atoms with E-state index in [0.29, 0.717) is 36.9 Å². The van der Waals surface area contributed by atoms with E-state index in [0.717, 1.165) is 16.5 Å². The van der Waals surface area contributed by atoms with Crippen LogP contribution in [0.2, 0.25) is 0 Å². The Labute approximate surface area is 162 Å². The monoisotopic (exact) mass is 380 g/mol. The van der Waals surface area contributed by atoms with Gasteiger partial charge < -0.3 is 15.0 Å². The Balaban J connectivity index is 1.54. The number of likely N-dealkylation sites (tertiary alicyclic amines) is 1. The van der Waals surface area contributed by atoms with Crippen LogP contribution >= 0.6 is 0 Å². The van der Waals surface area contributed by atoms with E-state index in [1.165, 1.54) is 12.1 Å². The third-order valence-electron chi connectivity index (χ3n) is 4.91. The molecule has 1 aromatic heterocycles. The van der Waals surface area contributed by atoms with Crippen molar-refractivity contribution in [1.82, 2.24) is 14.9 Å². The predicted octanol–water partition coefficient (Wildman–Crippen LogP) is 3.30. The summed E-state index contributed by atoms with van der Waals surface area (Å²) in [6.45, 7) is 2.93. The molecule has 0 spiro atoms. The molecule has 7 heteroatoms. The van der Waals surface area contributed by atoms with Crippen LogP contribution in [0.4, 0.5) is 10.2 Å². The molecule has 0 saturated carbocycles. The molecular formula is C21H21FN4O2. The van der Waals surface area contributed by atoms with E-state index in [9.17, 15) is 9.18 Å². The highest BCUT2D eigenvalue weighted by molar-refractivity contribution is 5.93. The minimum absolute atomic E-state index is 0.0108. The number of halogens is 1. The molecule has 3 aromatic rings. The lowest BCUT2D eigenvalue weighted by Gasteiger charge is -2.18. The van der Waals surface area contributed by atoms with Gasteiger partial charge in [0.05, 0.1) is 12.6 Å². The summed E-state index contributed by atoms with van der Waals surface area (Å²) in [5, 5.41) is 4.11. The number of methoxy groups -OCH3 is 1. The Morgan fingerprint density at radius 1 is 1.21 bits per heavy atom. The van der Waals surface area contributed by atoms with Gasteiger partial charge in [-0.2, -0.15) is 0 Å². The van der Waals surface area contributed by atoms with Crippen LogP contribution < -0.4 is 10.1 Å².